The summed E-state index contributed by atoms with van der Waals surface area (Å²) in [7, 11) is 5.36. The van der Waals surface area contributed by atoms with Crippen molar-refractivity contribution in [3.63, 3.8) is 0 Å². The SMILES string of the molecule is CN(C(=O)OC(C)(C)C)[C@H]1CCN(C(=O)c2ccc(F)nc2)C1.CN(C(=O)OC(C)(C)C)[C@H]1CCNC1.CN[C@H]1CCN(C(=O)c2ccc(F)nc2)C1.O=C(Cl)c1ccc(F)nc1.O=C(O)C(F)(F)F. The Labute approximate surface area is 407 Å². The summed E-state index contributed by atoms with van der Waals surface area (Å²) in [6, 6.07) is 8.15. The zero-order chi connectivity index (χ0) is 53.1. The highest BCUT2D eigenvalue weighted by Gasteiger charge is 2.38. The van der Waals surface area contributed by atoms with Gasteiger partial charge in [-0.2, -0.15) is 26.3 Å². The average molecular weight is 1020 g/mol. The Morgan fingerprint density at radius 3 is 1.41 bits per heavy atom. The number of aromatic nitrogens is 3. The van der Waals surface area contributed by atoms with Gasteiger partial charge < -0.3 is 44.8 Å². The molecule has 3 saturated heterocycles. The van der Waals surface area contributed by atoms with E-state index in [1.165, 1.54) is 41.6 Å². The number of rotatable bonds is 6. The molecule has 6 rings (SSSR count). The van der Waals surface area contributed by atoms with Crippen molar-refractivity contribution in [2.45, 2.75) is 96.3 Å². The summed E-state index contributed by atoms with van der Waals surface area (Å²) in [5.74, 6) is -4.85. The van der Waals surface area contributed by atoms with E-state index in [0.29, 0.717) is 43.2 Å². The molecule has 4 amide bonds. The van der Waals surface area contributed by atoms with Gasteiger partial charge in [0.2, 0.25) is 17.8 Å². The second-order valence-electron chi connectivity index (χ2n) is 17.7. The van der Waals surface area contributed by atoms with Crippen LogP contribution in [0.2, 0.25) is 0 Å². The number of carboxylic acids is 1. The van der Waals surface area contributed by atoms with Crippen molar-refractivity contribution < 1.29 is 69.7 Å². The third-order valence-electron chi connectivity index (χ3n) is 9.97. The fraction of sp³-hybridized carbons (Fsp3) is 0.533. The first-order valence-electron chi connectivity index (χ1n) is 21.6. The number of carbonyl (C=O) groups is 6. The number of pyridine rings is 3. The first-order valence-corrected chi connectivity index (χ1v) is 22.0. The van der Waals surface area contributed by atoms with E-state index in [9.17, 15) is 50.3 Å². The molecule has 0 bridgehead atoms. The number of likely N-dealkylation sites (tertiary alicyclic amines) is 2. The molecule has 18 nitrogen and oxygen atoms in total. The molecular weight excluding hydrogens is 960 g/mol. The molecule has 388 valence electrons. The number of carbonyl (C=O) groups excluding carboxylic acids is 5. The number of hydrogen-bond acceptors (Lipinski definition) is 13. The van der Waals surface area contributed by atoms with Crippen molar-refractivity contribution in [2.75, 3.05) is 60.4 Å². The molecule has 3 aliphatic heterocycles. The minimum atomic E-state index is -5.08. The molecule has 3 fully saturated rings. The monoisotopic (exact) mass is 1020 g/mol. The fourth-order valence-corrected chi connectivity index (χ4v) is 6.33. The molecule has 0 aromatic carbocycles. The summed E-state index contributed by atoms with van der Waals surface area (Å²) in [6.07, 6.45) is 0.520. The van der Waals surface area contributed by atoms with Crippen LogP contribution in [0.3, 0.4) is 0 Å². The van der Waals surface area contributed by atoms with Crippen LogP contribution < -0.4 is 10.6 Å². The van der Waals surface area contributed by atoms with Gasteiger partial charge in [-0.3, -0.25) is 14.4 Å². The molecule has 3 N–H and O–H groups in total. The molecule has 3 aliphatic rings. The van der Waals surface area contributed by atoms with Gasteiger partial charge in [0.15, 0.2) is 0 Å². The number of nitrogens with one attached hydrogen (secondary N) is 2. The van der Waals surface area contributed by atoms with Crippen LogP contribution in [0.25, 0.3) is 0 Å². The van der Waals surface area contributed by atoms with E-state index in [0.717, 1.165) is 50.8 Å². The van der Waals surface area contributed by atoms with Crippen LogP contribution in [0.1, 0.15) is 91.9 Å². The lowest BCUT2D eigenvalue weighted by Crippen LogP contribution is -2.42. The predicted molar refractivity (Wildman–Crippen MR) is 243 cm³/mol. The highest BCUT2D eigenvalue weighted by molar-refractivity contribution is 6.67. The molecule has 3 atom stereocenters. The lowest BCUT2D eigenvalue weighted by Gasteiger charge is -2.28. The second-order valence-corrected chi connectivity index (χ2v) is 18.1. The molecule has 0 spiro atoms. The lowest BCUT2D eigenvalue weighted by atomic mass is 10.2. The van der Waals surface area contributed by atoms with E-state index >= 15 is 0 Å². The van der Waals surface area contributed by atoms with Crippen LogP contribution in [0.5, 0.6) is 0 Å². The standard InChI is InChI=1S/C16H22FN3O3.C11H14FN3O.C10H20N2O2.C6H3ClFNO.C2HF3O2/c1-16(2,3)23-15(22)19(4)12-7-8-20(10-12)14(21)11-5-6-13(17)18-9-11;1-13-9-4-5-15(7-9)11(16)8-2-3-10(12)14-6-8;1-10(2,3)14-9(13)12(4)8-5-6-11-7-8;7-6(10)4-1-2-5(8)9-3-4;3-2(4,5)1(6)7/h5-6,9,12H,7-8,10H2,1-4H3;2-3,6,9,13H,4-5,7H2,1H3;8,11H,5-7H2,1-4H3;1-3H;(H,6,7)/t12-;9-;8-;;/m000../s1. The maximum atomic E-state index is 12.8. The summed E-state index contributed by atoms with van der Waals surface area (Å²) in [4.78, 5) is 84.1. The minimum Gasteiger partial charge on any atom is -0.475 e. The van der Waals surface area contributed by atoms with Gasteiger partial charge in [-0.15, -0.1) is 0 Å². The molecule has 0 aliphatic carbocycles. The molecular formula is C45H60ClF6N9O9. The average Bonchev–Trinajstić information content (AvgIpc) is 4.09. The van der Waals surface area contributed by atoms with Crippen LogP contribution in [-0.4, -0.2) is 171 Å². The first kappa shape index (κ1) is 60.0. The van der Waals surface area contributed by atoms with Gasteiger partial charge in [0.25, 0.3) is 17.1 Å². The third-order valence-corrected chi connectivity index (χ3v) is 10.2. The summed E-state index contributed by atoms with van der Waals surface area (Å²) in [5, 5.41) is 12.9. The van der Waals surface area contributed by atoms with Crippen LogP contribution in [0.4, 0.5) is 35.9 Å². The molecule has 0 radical (unpaired) electrons. The summed E-state index contributed by atoms with van der Waals surface area (Å²) < 4.78 is 79.9. The van der Waals surface area contributed by atoms with Gasteiger partial charge in [0.05, 0.1) is 22.7 Å². The minimum absolute atomic E-state index is 0.0785. The number of hydrogen-bond donors (Lipinski definition) is 3. The first-order chi connectivity index (χ1) is 32.4. The second kappa shape index (κ2) is 27.3. The van der Waals surface area contributed by atoms with Crippen LogP contribution >= 0.6 is 11.6 Å². The Morgan fingerprint density at radius 2 is 1.09 bits per heavy atom. The molecule has 6 heterocycles. The van der Waals surface area contributed by atoms with Crippen LogP contribution in [0.15, 0.2) is 55.0 Å². The predicted octanol–water partition coefficient (Wildman–Crippen LogP) is 6.40. The van der Waals surface area contributed by atoms with Crippen molar-refractivity contribution >= 4 is 46.8 Å². The summed E-state index contributed by atoms with van der Waals surface area (Å²) in [6.45, 7) is 15.3. The highest BCUT2D eigenvalue weighted by Crippen LogP contribution is 2.20. The van der Waals surface area contributed by atoms with Gasteiger partial charge >= 0.3 is 24.3 Å². The van der Waals surface area contributed by atoms with Gasteiger partial charge in [-0.1, -0.05) is 0 Å². The van der Waals surface area contributed by atoms with E-state index in [4.69, 9.17) is 31.0 Å². The third kappa shape index (κ3) is 21.7. The van der Waals surface area contributed by atoms with Gasteiger partial charge in [0.1, 0.15) is 11.2 Å². The lowest BCUT2D eigenvalue weighted by molar-refractivity contribution is -0.192. The van der Waals surface area contributed by atoms with E-state index in [1.807, 2.05) is 48.6 Å². The van der Waals surface area contributed by atoms with Gasteiger partial charge in [-0.05, 0) is 122 Å². The number of amides is 4. The molecule has 3 aromatic rings. The fourth-order valence-electron chi connectivity index (χ4n) is 6.22. The summed E-state index contributed by atoms with van der Waals surface area (Å²) >= 11 is 5.05. The molecule has 0 unspecified atom stereocenters. The normalized spacial score (nSPS) is 17.4. The van der Waals surface area contributed by atoms with Crippen molar-refractivity contribution in [1.82, 2.24) is 45.2 Å². The largest absolute Gasteiger partial charge is 0.490 e. The Morgan fingerprint density at radius 1 is 0.686 bits per heavy atom. The smallest absolute Gasteiger partial charge is 0.475 e. The van der Waals surface area contributed by atoms with Gasteiger partial charge in [-0.25, -0.2) is 29.3 Å². The summed E-state index contributed by atoms with van der Waals surface area (Å²) in [5.41, 5.74) is 0.0181. The highest BCUT2D eigenvalue weighted by atomic mass is 35.5. The van der Waals surface area contributed by atoms with E-state index in [2.05, 4.69) is 25.6 Å². The Kier molecular flexibility index (Phi) is 23.4. The number of nitrogens with zero attached hydrogens (tertiary/aromatic N) is 7. The maximum absolute atomic E-state index is 12.8. The molecule has 70 heavy (non-hydrogen) atoms. The Hall–Kier alpha value is -6.14. The number of aliphatic carboxylic acids is 1. The van der Waals surface area contributed by atoms with Crippen molar-refractivity contribution in [3.8, 4) is 0 Å². The Bertz CT molecular complexity index is 2180. The van der Waals surface area contributed by atoms with E-state index in [1.54, 1.807) is 28.8 Å². The van der Waals surface area contributed by atoms with Crippen molar-refractivity contribution in [3.05, 3.63) is 89.5 Å². The Balaban J connectivity index is 0.000000317. The van der Waals surface area contributed by atoms with Crippen molar-refractivity contribution in [1.29, 1.82) is 0 Å². The number of likely N-dealkylation sites (N-methyl/N-ethyl adjacent to an activating group) is 3. The number of carboxylic acid groups (broad SMARTS) is 1. The molecule has 25 heteroatoms. The van der Waals surface area contributed by atoms with Crippen LogP contribution in [0, 0.1) is 17.8 Å². The van der Waals surface area contributed by atoms with E-state index < -0.39 is 52.5 Å². The van der Waals surface area contributed by atoms with Gasteiger partial charge in [0, 0.05) is 77.5 Å². The quantitative estimate of drug-likeness (QED) is 0.138. The topological polar surface area (TPSA) is 217 Å². The van der Waals surface area contributed by atoms with E-state index in [-0.39, 0.29) is 35.6 Å². The zero-order valence-electron chi connectivity index (χ0n) is 40.3. The number of halogens is 7. The van der Waals surface area contributed by atoms with Crippen molar-refractivity contribution in [2.24, 2.45) is 0 Å². The number of ether oxygens (including phenoxy) is 2. The molecule has 0 saturated carbocycles. The number of alkyl halides is 3. The zero-order valence-corrected chi connectivity index (χ0v) is 41.0. The molecule has 3 aromatic heterocycles. The van der Waals surface area contributed by atoms with Crippen LogP contribution in [-0.2, 0) is 14.3 Å². The maximum Gasteiger partial charge on any atom is 0.490 e.